The Hall–Kier alpha value is -2.86. The van der Waals surface area contributed by atoms with Crippen molar-refractivity contribution in [3.63, 3.8) is 0 Å². The van der Waals surface area contributed by atoms with Gasteiger partial charge in [-0.25, -0.2) is 4.79 Å². The summed E-state index contributed by atoms with van der Waals surface area (Å²) in [4.78, 5) is 18.9. The standard InChI is InChI=1S/C19H17ClN4O2/c20-14-8-4-9-15(12-14)21-19(25)24-11-5-10-16(24)18-22-17(23-26-18)13-6-2-1-3-7-13/h1-4,6-9,12,16H,5,10-11H2,(H,21,25)/t16-/m1/s1. The van der Waals surface area contributed by atoms with Crippen molar-refractivity contribution >= 4 is 23.3 Å². The summed E-state index contributed by atoms with van der Waals surface area (Å²) in [6, 6.07) is 16.3. The largest absolute Gasteiger partial charge is 0.337 e. The van der Waals surface area contributed by atoms with Crippen LogP contribution < -0.4 is 5.32 Å². The molecular weight excluding hydrogens is 352 g/mol. The molecule has 2 heterocycles. The van der Waals surface area contributed by atoms with E-state index in [1.807, 2.05) is 30.3 Å². The smallest absolute Gasteiger partial charge is 0.322 e. The zero-order valence-electron chi connectivity index (χ0n) is 13.9. The van der Waals surface area contributed by atoms with Gasteiger partial charge in [-0.1, -0.05) is 53.2 Å². The van der Waals surface area contributed by atoms with Gasteiger partial charge in [0.05, 0.1) is 0 Å². The van der Waals surface area contributed by atoms with Crippen LogP contribution in [-0.4, -0.2) is 27.6 Å². The van der Waals surface area contributed by atoms with Gasteiger partial charge < -0.3 is 14.7 Å². The van der Waals surface area contributed by atoms with Gasteiger partial charge in [0, 0.05) is 22.8 Å². The Labute approximate surface area is 155 Å². The fraction of sp³-hybridized carbons (Fsp3) is 0.211. The lowest BCUT2D eigenvalue weighted by Gasteiger charge is -2.22. The van der Waals surface area contributed by atoms with Gasteiger partial charge in [-0.3, -0.25) is 0 Å². The number of rotatable bonds is 3. The SMILES string of the molecule is O=C(Nc1cccc(Cl)c1)N1CCC[C@@H]1c1nc(-c2ccccc2)no1. The summed E-state index contributed by atoms with van der Waals surface area (Å²) >= 11 is 5.98. The van der Waals surface area contributed by atoms with E-state index in [9.17, 15) is 4.79 Å². The number of halogens is 1. The van der Waals surface area contributed by atoms with Crippen LogP contribution in [0, 0.1) is 0 Å². The van der Waals surface area contributed by atoms with E-state index in [0.717, 1.165) is 18.4 Å². The molecule has 0 saturated carbocycles. The van der Waals surface area contributed by atoms with Crippen molar-refractivity contribution in [3.05, 3.63) is 65.5 Å². The number of nitrogens with one attached hydrogen (secondary N) is 1. The van der Waals surface area contributed by atoms with Gasteiger partial charge in [-0.15, -0.1) is 0 Å². The lowest BCUT2D eigenvalue weighted by Crippen LogP contribution is -2.34. The molecule has 1 aromatic heterocycles. The van der Waals surface area contributed by atoms with Crippen molar-refractivity contribution in [2.24, 2.45) is 0 Å². The lowest BCUT2D eigenvalue weighted by atomic mass is 10.2. The fourth-order valence-electron chi connectivity index (χ4n) is 3.10. The Morgan fingerprint density at radius 2 is 2.04 bits per heavy atom. The molecule has 1 saturated heterocycles. The van der Waals surface area contributed by atoms with Crippen LogP contribution >= 0.6 is 11.6 Å². The molecule has 6 nitrogen and oxygen atoms in total. The van der Waals surface area contributed by atoms with Gasteiger partial charge in [-0.05, 0) is 31.0 Å². The molecule has 1 aliphatic rings. The Balaban J connectivity index is 1.51. The highest BCUT2D eigenvalue weighted by atomic mass is 35.5. The predicted molar refractivity (Wildman–Crippen MR) is 98.9 cm³/mol. The maximum absolute atomic E-state index is 12.7. The van der Waals surface area contributed by atoms with Gasteiger partial charge in [-0.2, -0.15) is 4.98 Å². The Kier molecular flexibility index (Phi) is 4.58. The minimum Gasteiger partial charge on any atom is -0.337 e. The molecule has 0 unspecified atom stereocenters. The maximum atomic E-state index is 12.7. The molecule has 3 aromatic rings. The first-order valence-electron chi connectivity index (χ1n) is 8.43. The molecule has 1 N–H and O–H groups in total. The molecule has 4 rings (SSSR count). The molecule has 2 aromatic carbocycles. The second-order valence-electron chi connectivity index (χ2n) is 6.11. The lowest BCUT2D eigenvalue weighted by molar-refractivity contribution is 0.193. The van der Waals surface area contributed by atoms with Gasteiger partial charge in [0.1, 0.15) is 6.04 Å². The van der Waals surface area contributed by atoms with Gasteiger partial charge >= 0.3 is 6.03 Å². The molecule has 1 atom stereocenters. The summed E-state index contributed by atoms with van der Waals surface area (Å²) < 4.78 is 5.45. The number of aromatic nitrogens is 2. The number of hydrogen-bond donors (Lipinski definition) is 1. The van der Waals surface area contributed by atoms with Crippen molar-refractivity contribution in [1.29, 1.82) is 0 Å². The summed E-state index contributed by atoms with van der Waals surface area (Å²) in [5.41, 5.74) is 1.54. The zero-order valence-corrected chi connectivity index (χ0v) is 14.7. The first-order chi connectivity index (χ1) is 12.7. The second kappa shape index (κ2) is 7.17. The number of carbonyl (C=O) groups is 1. The Morgan fingerprint density at radius 1 is 1.19 bits per heavy atom. The number of carbonyl (C=O) groups excluding carboxylic acids is 1. The van der Waals surface area contributed by atoms with Gasteiger partial charge in [0.2, 0.25) is 11.7 Å². The number of likely N-dealkylation sites (tertiary alicyclic amines) is 1. The molecule has 2 amide bonds. The van der Waals surface area contributed by atoms with E-state index in [4.69, 9.17) is 16.1 Å². The van der Waals surface area contributed by atoms with Crippen molar-refractivity contribution in [3.8, 4) is 11.4 Å². The van der Waals surface area contributed by atoms with E-state index in [-0.39, 0.29) is 12.1 Å². The van der Waals surface area contributed by atoms with Crippen LogP contribution in [0.2, 0.25) is 5.02 Å². The van der Waals surface area contributed by atoms with Gasteiger partial charge in [0.25, 0.3) is 0 Å². The van der Waals surface area contributed by atoms with Crippen LogP contribution in [0.15, 0.2) is 59.1 Å². The number of anilines is 1. The molecule has 26 heavy (non-hydrogen) atoms. The van der Waals surface area contributed by atoms with Crippen molar-refractivity contribution in [2.45, 2.75) is 18.9 Å². The van der Waals surface area contributed by atoms with Crippen LogP contribution in [0.4, 0.5) is 10.5 Å². The summed E-state index contributed by atoms with van der Waals surface area (Å²) in [5.74, 6) is 0.991. The summed E-state index contributed by atoms with van der Waals surface area (Å²) in [5, 5.41) is 7.51. The number of benzene rings is 2. The van der Waals surface area contributed by atoms with E-state index in [2.05, 4.69) is 15.5 Å². The average molecular weight is 369 g/mol. The van der Waals surface area contributed by atoms with E-state index < -0.39 is 0 Å². The third kappa shape index (κ3) is 3.41. The third-order valence-corrected chi connectivity index (χ3v) is 4.58. The normalized spacial score (nSPS) is 16.7. The number of nitrogens with zero attached hydrogens (tertiary/aromatic N) is 3. The molecule has 0 bridgehead atoms. The highest BCUT2D eigenvalue weighted by molar-refractivity contribution is 6.30. The quantitative estimate of drug-likeness (QED) is 0.723. The van der Waals surface area contributed by atoms with Gasteiger partial charge in [0.15, 0.2) is 0 Å². The number of hydrogen-bond acceptors (Lipinski definition) is 4. The van der Waals surface area contributed by atoms with Crippen molar-refractivity contribution < 1.29 is 9.32 Å². The summed E-state index contributed by atoms with van der Waals surface area (Å²) in [6.45, 7) is 0.639. The Morgan fingerprint density at radius 3 is 2.85 bits per heavy atom. The molecule has 0 spiro atoms. The first kappa shape index (κ1) is 16.6. The van der Waals surface area contributed by atoms with Crippen LogP contribution in [-0.2, 0) is 0 Å². The maximum Gasteiger partial charge on any atom is 0.322 e. The second-order valence-corrected chi connectivity index (χ2v) is 6.55. The highest BCUT2D eigenvalue weighted by Gasteiger charge is 2.34. The first-order valence-corrected chi connectivity index (χ1v) is 8.81. The zero-order chi connectivity index (χ0) is 17.9. The van der Waals surface area contributed by atoms with Crippen LogP contribution in [0.5, 0.6) is 0 Å². The third-order valence-electron chi connectivity index (χ3n) is 4.35. The predicted octanol–water partition coefficient (Wildman–Crippen LogP) is 4.76. The van der Waals surface area contributed by atoms with Crippen molar-refractivity contribution in [2.75, 3.05) is 11.9 Å². The summed E-state index contributed by atoms with van der Waals surface area (Å²) in [7, 11) is 0. The minimum absolute atomic E-state index is 0.200. The Bertz CT molecular complexity index is 913. The molecule has 7 heteroatoms. The monoisotopic (exact) mass is 368 g/mol. The molecule has 132 valence electrons. The minimum atomic E-state index is -0.223. The molecule has 1 aliphatic heterocycles. The number of urea groups is 1. The molecule has 0 radical (unpaired) electrons. The highest BCUT2D eigenvalue weighted by Crippen LogP contribution is 2.32. The van der Waals surface area contributed by atoms with Crippen LogP contribution in [0.1, 0.15) is 24.8 Å². The summed E-state index contributed by atoms with van der Waals surface area (Å²) in [6.07, 6.45) is 1.68. The van der Waals surface area contributed by atoms with E-state index >= 15 is 0 Å². The topological polar surface area (TPSA) is 71.3 Å². The molecule has 1 fully saturated rings. The van der Waals surface area contributed by atoms with E-state index in [1.165, 1.54) is 0 Å². The molecule has 0 aliphatic carbocycles. The van der Waals surface area contributed by atoms with Crippen LogP contribution in [0.25, 0.3) is 11.4 Å². The number of amides is 2. The van der Waals surface area contributed by atoms with Crippen molar-refractivity contribution in [1.82, 2.24) is 15.0 Å². The van der Waals surface area contributed by atoms with E-state index in [1.54, 1.807) is 29.2 Å². The fourth-order valence-corrected chi connectivity index (χ4v) is 3.29. The van der Waals surface area contributed by atoms with E-state index in [0.29, 0.717) is 29.0 Å². The molecular formula is C19H17ClN4O2. The van der Waals surface area contributed by atoms with Crippen LogP contribution in [0.3, 0.4) is 0 Å². The average Bonchev–Trinajstić information content (AvgIpc) is 3.32.